The van der Waals surface area contributed by atoms with Crippen LogP contribution in [-0.2, 0) is 14.3 Å². The summed E-state index contributed by atoms with van der Waals surface area (Å²) < 4.78 is 10.4. The Bertz CT molecular complexity index is 299. The lowest BCUT2D eigenvalue weighted by Gasteiger charge is -2.33. The number of nitrogens with one attached hydrogen (secondary N) is 1. The molecule has 1 aliphatic rings. The van der Waals surface area contributed by atoms with Gasteiger partial charge in [0.2, 0.25) is 0 Å². The maximum Gasteiger partial charge on any atom is 0.326 e. The highest BCUT2D eigenvalue weighted by atomic mass is 16.5. The lowest BCUT2D eigenvalue weighted by Crippen LogP contribution is -2.54. The van der Waals surface area contributed by atoms with Crippen molar-refractivity contribution in [3.8, 4) is 0 Å². The first kappa shape index (κ1) is 17.4. The van der Waals surface area contributed by atoms with Gasteiger partial charge in [0.25, 0.3) is 0 Å². The van der Waals surface area contributed by atoms with Gasteiger partial charge in [-0.1, -0.05) is 6.42 Å². The van der Waals surface area contributed by atoms with Crippen molar-refractivity contribution in [2.24, 2.45) is 5.92 Å². The number of methoxy groups -OCH3 is 1. The van der Waals surface area contributed by atoms with E-state index in [1.165, 1.54) is 7.11 Å². The van der Waals surface area contributed by atoms with Gasteiger partial charge in [-0.2, -0.15) is 0 Å². The number of ether oxygens (including phenoxy) is 2. The zero-order valence-corrected chi connectivity index (χ0v) is 13.4. The molecule has 5 nitrogen and oxygen atoms in total. The fourth-order valence-electron chi connectivity index (χ4n) is 3.20. The van der Waals surface area contributed by atoms with Gasteiger partial charge >= 0.3 is 5.97 Å². The van der Waals surface area contributed by atoms with Crippen LogP contribution in [0.5, 0.6) is 0 Å². The average Bonchev–Trinajstić information content (AvgIpc) is 2.88. The van der Waals surface area contributed by atoms with E-state index in [0.717, 1.165) is 52.0 Å². The van der Waals surface area contributed by atoms with Gasteiger partial charge in [0.1, 0.15) is 5.54 Å². The van der Waals surface area contributed by atoms with Gasteiger partial charge in [0.05, 0.1) is 13.7 Å². The number of carbonyl (C=O) groups excluding carboxylic acids is 1. The SMILES string of the molecule is CCOCCN(C)CCC1CCCC1(NC)C(=O)OC. The molecule has 2 atom stereocenters. The van der Waals surface area contributed by atoms with Crippen LogP contribution < -0.4 is 5.32 Å². The molecule has 1 N–H and O–H groups in total. The molecule has 5 heteroatoms. The summed E-state index contributed by atoms with van der Waals surface area (Å²) in [5.41, 5.74) is -0.477. The highest BCUT2D eigenvalue weighted by molar-refractivity contribution is 5.81. The van der Waals surface area contributed by atoms with Crippen LogP contribution in [0.15, 0.2) is 0 Å². The molecular formula is C15H30N2O3. The fourth-order valence-corrected chi connectivity index (χ4v) is 3.20. The van der Waals surface area contributed by atoms with Crippen LogP contribution in [0.4, 0.5) is 0 Å². The standard InChI is InChI=1S/C15H30N2O3/c1-5-20-12-11-17(3)10-8-13-7-6-9-15(13,16-2)14(18)19-4/h13,16H,5-12H2,1-4H3. The number of esters is 1. The largest absolute Gasteiger partial charge is 0.468 e. The molecule has 1 aliphatic carbocycles. The molecule has 0 spiro atoms. The van der Waals surface area contributed by atoms with Gasteiger partial charge in [-0.25, -0.2) is 0 Å². The van der Waals surface area contributed by atoms with Crippen molar-refractivity contribution in [1.82, 2.24) is 10.2 Å². The Labute approximate surface area is 123 Å². The van der Waals surface area contributed by atoms with E-state index in [1.807, 2.05) is 14.0 Å². The fraction of sp³-hybridized carbons (Fsp3) is 0.933. The van der Waals surface area contributed by atoms with Gasteiger partial charge in [-0.05, 0) is 52.7 Å². The first-order chi connectivity index (χ1) is 9.60. The third-order valence-electron chi connectivity index (χ3n) is 4.50. The summed E-state index contributed by atoms with van der Waals surface area (Å²) in [5.74, 6) is 0.244. The van der Waals surface area contributed by atoms with E-state index in [-0.39, 0.29) is 5.97 Å². The van der Waals surface area contributed by atoms with Gasteiger partial charge < -0.3 is 19.7 Å². The Morgan fingerprint density at radius 1 is 1.45 bits per heavy atom. The molecule has 0 aromatic carbocycles. The first-order valence-electron chi connectivity index (χ1n) is 7.64. The van der Waals surface area contributed by atoms with E-state index < -0.39 is 5.54 Å². The number of likely N-dealkylation sites (N-methyl/N-ethyl adjacent to an activating group) is 2. The monoisotopic (exact) mass is 286 g/mol. The Morgan fingerprint density at radius 3 is 2.80 bits per heavy atom. The molecule has 118 valence electrons. The zero-order chi connectivity index (χ0) is 15.0. The molecule has 0 aliphatic heterocycles. The van der Waals surface area contributed by atoms with E-state index in [9.17, 15) is 4.79 Å². The van der Waals surface area contributed by atoms with Crippen molar-refractivity contribution in [2.45, 2.75) is 38.1 Å². The van der Waals surface area contributed by atoms with Crippen LogP contribution in [-0.4, -0.2) is 63.9 Å². The summed E-state index contributed by atoms with van der Waals surface area (Å²) in [6, 6.07) is 0. The summed E-state index contributed by atoms with van der Waals surface area (Å²) in [7, 11) is 5.45. The highest BCUT2D eigenvalue weighted by Gasteiger charge is 2.48. The molecule has 0 bridgehead atoms. The molecule has 0 radical (unpaired) electrons. The zero-order valence-electron chi connectivity index (χ0n) is 13.4. The Hall–Kier alpha value is -0.650. The van der Waals surface area contributed by atoms with Crippen molar-refractivity contribution in [3.05, 3.63) is 0 Å². The number of carbonyl (C=O) groups is 1. The number of nitrogens with zero attached hydrogens (tertiary/aromatic N) is 1. The van der Waals surface area contributed by atoms with Crippen LogP contribution in [0.2, 0.25) is 0 Å². The Morgan fingerprint density at radius 2 is 2.20 bits per heavy atom. The van der Waals surface area contributed by atoms with Crippen molar-refractivity contribution in [3.63, 3.8) is 0 Å². The molecule has 0 saturated heterocycles. The Balaban J connectivity index is 2.47. The van der Waals surface area contributed by atoms with Gasteiger partial charge in [-0.15, -0.1) is 0 Å². The molecular weight excluding hydrogens is 256 g/mol. The van der Waals surface area contributed by atoms with Crippen LogP contribution in [0.3, 0.4) is 0 Å². The minimum atomic E-state index is -0.477. The third-order valence-corrected chi connectivity index (χ3v) is 4.50. The minimum absolute atomic E-state index is 0.112. The second-order valence-corrected chi connectivity index (χ2v) is 5.59. The first-order valence-corrected chi connectivity index (χ1v) is 7.64. The average molecular weight is 286 g/mol. The molecule has 0 aromatic rings. The molecule has 20 heavy (non-hydrogen) atoms. The number of rotatable bonds is 9. The Kier molecular flexibility index (Phi) is 7.48. The maximum absolute atomic E-state index is 12.1. The maximum atomic E-state index is 12.1. The molecule has 1 saturated carbocycles. The van der Waals surface area contributed by atoms with Crippen LogP contribution in [0.1, 0.15) is 32.6 Å². The summed E-state index contributed by atoms with van der Waals surface area (Å²) in [5, 5.41) is 3.24. The lowest BCUT2D eigenvalue weighted by molar-refractivity contribution is -0.150. The van der Waals surface area contributed by atoms with Gasteiger partial charge in [-0.3, -0.25) is 4.79 Å². The topological polar surface area (TPSA) is 50.8 Å². The minimum Gasteiger partial charge on any atom is -0.468 e. The van der Waals surface area contributed by atoms with E-state index in [4.69, 9.17) is 9.47 Å². The van der Waals surface area contributed by atoms with Crippen molar-refractivity contribution in [2.75, 3.05) is 47.5 Å². The van der Waals surface area contributed by atoms with E-state index in [2.05, 4.69) is 17.3 Å². The van der Waals surface area contributed by atoms with Crippen molar-refractivity contribution < 1.29 is 14.3 Å². The van der Waals surface area contributed by atoms with E-state index >= 15 is 0 Å². The molecule has 1 rings (SSSR count). The van der Waals surface area contributed by atoms with Gasteiger partial charge in [0, 0.05) is 13.2 Å². The van der Waals surface area contributed by atoms with E-state index in [0.29, 0.717) is 5.92 Å². The van der Waals surface area contributed by atoms with E-state index in [1.54, 1.807) is 0 Å². The normalized spacial score (nSPS) is 26.1. The predicted octanol–water partition coefficient (Wildman–Crippen LogP) is 1.28. The quantitative estimate of drug-likeness (QED) is 0.511. The molecule has 2 unspecified atom stereocenters. The second kappa shape index (κ2) is 8.60. The molecule has 0 aromatic heterocycles. The van der Waals surface area contributed by atoms with Crippen molar-refractivity contribution in [1.29, 1.82) is 0 Å². The summed E-state index contributed by atoms with van der Waals surface area (Å²) in [6.07, 6.45) is 4.07. The predicted molar refractivity (Wildman–Crippen MR) is 79.8 cm³/mol. The third kappa shape index (κ3) is 4.17. The van der Waals surface area contributed by atoms with Gasteiger partial charge in [0.15, 0.2) is 0 Å². The molecule has 1 fully saturated rings. The lowest BCUT2D eigenvalue weighted by atomic mass is 9.84. The highest BCUT2D eigenvalue weighted by Crippen LogP contribution is 2.38. The number of hydrogen-bond donors (Lipinski definition) is 1. The summed E-state index contributed by atoms with van der Waals surface area (Å²) >= 11 is 0. The molecule has 0 heterocycles. The summed E-state index contributed by atoms with van der Waals surface area (Å²) in [4.78, 5) is 14.4. The second-order valence-electron chi connectivity index (χ2n) is 5.59. The number of hydrogen-bond acceptors (Lipinski definition) is 5. The molecule has 0 amide bonds. The van der Waals surface area contributed by atoms with Crippen LogP contribution >= 0.6 is 0 Å². The van der Waals surface area contributed by atoms with Crippen LogP contribution in [0, 0.1) is 5.92 Å². The smallest absolute Gasteiger partial charge is 0.326 e. The van der Waals surface area contributed by atoms with Crippen molar-refractivity contribution >= 4 is 5.97 Å². The van der Waals surface area contributed by atoms with Crippen LogP contribution in [0.25, 0.3) is 0 Å². The summed E-state index contributed by atoms with van der Waals surface area (Å²) in [6.45, 7) is 5.47.